The van der Waals surface area contributed by atoms with Crippen LogP contribution in [-0.4, -0.2) is 71.1 Å². The van der Waals surface area contributed by atoms with Crippen molar-refractivity contribution in [3.05, 3.63) is 85.1 Å². The Labute approximate surface area is 342 Å². The van der Waals surface area contributed by atoms with Crippen LogP contribution in [0.25, 0.3) is 0 Å². The SMILES string of the molecule is CC/C=C/C/C=C/C=C/C(O)CCCCCCCC(=O)O[C@H](COC(=O)CCC/C=C\C/C=C\C/C=C\C/C=C\CCCCC)COP(=O)(O)OC[C@H](N)C(=O)O. The van der Waals surface area contributed by atoms with Crippen LogP contribution in [0.4, 0.5) is 0 Å². The molecule has 13 heteroatoms. The zero-order valence-corrected chi connectivity index (χ0v) is 35.4. The van der Waals surface area contributed by atoms with Gasteiger partial charge in [-0.25, -0.2) is 4.57 Å². The molecule has 0 spiro atoms. The Bertz CT molecular complexity index is 1300. The number of rotatable bonds is 37. The number of phosphoric acid groups is 1. The van der Waals surface area contributed by atoms with Crippen LogP contribution in [0.1, 0.15) is 136 Å². The minimum Gasteiger partial charge on any atom is -0.480 e. The number of aliphatic hydroxyl groups excluding tert-OH is 1. The summed E-state index contributed by atoms with van der Waals surface area (Å²) in [7, 11) is -4.76. The third-order valence-corrected chi connectivity index (χ3v) is 9.18. The van der Waals surface area contributed by atoms with Crippen molar-refractivity contribution in [3.8, 4) is 0 Å². The number of allylic oxidation sites excluding steroid dienone is 13. The Balaban J connectivity index is 4.59. The van der Waals surface area contributed by atoms with Gasteiger partial charge < -0.3 is 30.3 Å². The summed E-state index contributed by atoms with van der Waals surface area (Å²) < 4.78 is 32.5. The van der Waals surface area contributed by atoms with Crippen LogP contribution in [0.2, 0.25) is 0 Å². The van der Waals surface area contributed by atoms with Crippen LogP contribution in [-0.2, 0) is 37.5 Å². The zero-order chi connectivity index (χ0) is 42.2. The topological polar surface area (TPSA) is 192 Å². The lowest BCUT2D eigenvalue weighted by Crippen LogP contribution is -2.34. The predicted octanol–water partition coefficient (Wildman–Crippen LogP) is 9.69. The number of carboxylic acid groups (broad SMARTS) is 1. The average molecular weight is 822 g/mol. The number of carboxylic acids is 1. The number of esters is 2. The zero-order valence-electron chi connectivity index (χ0n) is 34.5. The molecule has 0 bridgehead atoms. The molecule has 0 aliphatic heterocycles. The first-order valence-electron chi connectivity index (χ1n) is 20.7. The highest BCUT2D eigenvalue weighted by Gasteiger charge is 2.28. The summed E-state index contributed by atoms with van der Waals surface area (Å²) in [4.78, 5) is 45.9. The number of hydrogen-bond acceptors (Lipinski definition) is 10. The molecule has 324 valence electrons. The molecule has 0 fully saturated rings. The molecule has 0 aliphatic rings. The summed E-state index contributed by atoms with van der Waals surface area (Å²) in [5, 5.41) is 19.0. The molecular weight excluding hydrogens is 749 g/mol. The first-order chi connectivity index (χ1) is 27.5. The van der Waals surface area contributed by atoms with E-state index in [-0.39, 0.29) is 12.8 Å². The summed E-state index contributed by atoms with van der Waals surface area (Å²) in [5.41, 5.74) is 5.32. The van der Waals surface area contributed by atoms with E-state index in [1.165, 1.54) is 19.3 Å². The second kappa shape index (κ2) is 38.2. The third kappa shape index (κ3) is 37.9. The van der Waals surface area contributed by atoms with E-state index in [0.29, 0.717) is 25.7 Å². The molecular formula is C44H72NO11P. The van der Waals surface area contributed by atoms with Crippen molar-refractivity contribution in [1.82, 2.24) is 0 Å². The summed E-state index contributed by atoms with van der Waals surface area (Å²) >= 11 is 0. The van der Waals surface area contributed by atoms with Crippen molar-refractivity contribution < 1.29 is 52.6 Å². The number of aliphatic carboxylic acids is 1. The van der Waals surface area contributed by atoms with Gasteiger partial charge in [-0.05, 0) is 70.6 Å². The fourth-order valence-corrected chi connectivity index (χ4v) is 5.72. The van der Waals surface area contributed by atoms with Gasteiger partial charge in [0.2, 0.25) is 0 Å². The van der Waals surface area contributed by atoms with Gasteiger partial charge in [-0.2, -0.15) is 0 Å². The van der Waals surface area contributed by atoms with Crippen LogP contribution >= 0.6 is 7.82 Å². The van der Waals surface area contributed by atoms with Crippen molar-refractivity contribution in [2.45, 2.75) is 154 Å². The molecule has 57 heavy (non-hydrogen) atoms. The van der Waals surface area contributed by atoms with E-state index >= 15 is 0 Å². The van der Waals surface area contributed by atoms with Crippen molar-refractivity contribution in [3.63, 3.8) is 0 Å². The Morgan fingerprint density at radius 1 is 0.649 bits per heavy atom. The lowest BCUT2D eigenvalue weighted by Gasteiger charge is -2.20. The second-order valence-corrected chi connectivity index (χ2v) is 15.0. The average Bonchev–Trinajstić information content (AvgIpc) is 3.18. The van der Waals surface area contributed by atoms with Crippen molar-refractivity contribution in [2.24, 2.45) is 5.73 Å². The molecule has 5 N–H and O–H groups in total. The highest BCUT2D eigenvalue weighted by Crippen LogP contribution is 2.43. The number of unbranched alkanes of at least 4 members (excludes halogenated alkanes) is 8. The van der Waals surface area contributed by atoms with Gasteiger partial charge >= 0.3 is 25.7 Å². The van der Waals surface area contributed by atoms with E-state index in [1.54, 1.807) is 6.08 Å². The quantitative estimate of drug-likeness (QED) is 0.0153. The number of carbonyl (C=O) groups excluding carboxylic acids is 2. The molecule has 0 radical (unpaired) electrons. The van der Waals surface area contributed by atoms with Gasteiger partial charge in [0.25, 0.3) is 0 Å². The standard InChI is InChI=1S/C44H72NO11P/c1-3-5-7-9-11-12-13-14-15-16-17-18-19-20-22-26-30-34-42(47)53-36-40(37-54-57(51,52)55-38-41(45)44(49)50)56-43(48)35-31-27-23-25-29-33-39(46)32-28-24-21-10-8-6-4-2/h6,8,11-12,14-15,17-18,20-22,24,28,32,39-41,46H,3-5,7,9-10,13,16,19,23,25-27,29-31,33-38,45H2,1-2H3,(H,49,50)(H,51,52)/b8-6+,12-11-,15-14-,18-17-,22-20-,24-21+,32-28+/t39?,40-,41+/m1/s1. The molecule has 0 saturated heterocycles. The molecule has 0 aromatic carbocycles. The molecule has 2 unspecified atom stereocenters. The minimum atomic E-state index is -4.76. The molecule has 12 nitrogen and oxygen atoms in total. The van der Waals surface area contributed by atoms with Gasteiger partial charge in [0.05, 0.1) is 19.3 Å². The maximum absolute atomic E-state index is 12.6. The van der Waals surface area contributed by atoms with Gasteiger partial charge in [-0.15, -0.1) is 0 Å². The van der Waals surface area contributed by atoms with Crippen LogP contribution in [0.5, 0.6) is 0 Å². The Hall–Kier alpha value is -3.38. The number of ether oxygens (including phenoxy) is 2. The molecule has 4 atom stereocenters. The van der Waals surface area contributed by atoms with E-state index in [2.05, 4.69) is 67.0 Å². The van der Waals surface area contributed by atoms with Crippen LogP contribution in [0, 0.1) is 0 Å². The smallest absolute Gasteiger partial charge is 0.472 e. The van der Waals surface area contributed by atoms with Crippen LogP contribution in [0.3, 0.4) is 0 Å². The fourth-order valence-electron chi connectivity index (χ4n) is 4.94. The molecule has 0 saturated carbocycles. The first-order valence-corrected chi connectivity index (χ1v) is 22.2. The molecule has 0 aliphatic carbocycles. The first kappa shape index (κ1) is 53.6. The van der Waals surface area contributed by atoms with Gasteiger partial charge in [0.15, 0.2) is 6.10 Å². The van der Waals surface area contributed by atoms with Crippen molar-refractivity contribution >= 4 is 25.7 Å². The van der Waals surface area contributed by atoms with Gasteiger partial charge in [-0.3, -0.25) is 23.4 Å². The van der Waals surface area contributed by atoms with E-state index in [0.717, 1.165) is 64.2 Å². The van der Waals surface area contributed by atoms with Gasteiger partial charge in [0, 0.05) is 12.8 Å². The molecule has 0 aromatic rings. The van der Waals surface area contributed by atoms with Crippen molar-refractivity contribution in [1.29, 1.82) is 0 Å². The molecule has 0 amide bonds. The molecule has 0 aromatic heterocycles. The molecule has 0 rings (SSSR count). The summed E-state index contributed by atoms with van der Waals surface area (Å²) in [6.07, 6.45) is 42.5. The number of carbonyl (C=O) groups is 3. The van der Waals surface area contributed by atoms with Crippen molar-refractivity contribution in [2.75, 3.05) is 19.8 Å². The van der Waals surface area contributed by atoms with Gasteiger partial charge in [-0.1, -0.05) is 137 Å². The van der Waals surface area contributed by atoms with E-state index in [1.807, 2.05) is 30.4 Å². The highest BCUT2D eigenvalue weighted by molar-refractivity contribution is 7.47. The number of hydrogen-bond donors (Lipinski definition) is 4. The Morgan fingerprint density at radius 2 is 1.21 bits per heavy atom. The van der Waals surface area contributed by atoms with Crippen LogP contribution < -0.4 is 5.73 Å². The fraction of sp³-hybridized carbons (Fsp3) is 0.614. The Kier molecular flexibility index (Phi) is 35.9. The number of nitrogens with two attached hydrogens (primary N) is 1. The monoisotopic (exact) mass is 821 g/mol. The van der Waals surface area contributed by atoms with E-state index in [4.69, 9.17) is 24.8 Å². The lowest BCUT2D eigenvalue weighted by atomic mass is 10.1. The molecule has 0 heterocycles. The highest BCUT2D eigenvalue weighted by atomic mass is 31.2. The number of aliphatic hydroxyl groups is 1. The predicted molar refractivity (Wildman–Crippen MR) is 227 cm³/mol. The third-order valence-electron chi connectivity index (χ3n) is 8.23. The van der Waals surface area contributed by atoms with E-state index < -0.39 is 63.8 Å². The largest absolute Gasteiger partial charge is 0.480 e. The van der Waals surface area contributed by atoms with E-state index in [9.17, 15) is 28.9 Å². The Morgan fingerprint density at radius 3 is 1.86 bits per heavy atom. The summed E-state index contributed by atoms with van der Waals surface area (Å²) in [5.74, 6) is -2.55. The van der Waals surface area contributed by atoms with Gasteiger partial charge in [0.1, 0.15) is 12.6 Å². The normalized spacial score (nSPS) is 15.2. The summed E-state index contributed by atoms with van der Waals surface area (Å²) in [6.45, 7) is 2.46. The second-order valence-electron chi connectivity index (χ2n) is 13.6. The maximum Gasteiger partial charge on any atom is 0.472 e. The van der Waals surface area contributed by atoms with Crippen LogP contribution in [0.15, 0.2) is 85.1 Å². The minimum absolute atomic E-state index is 0.0748. The summed E-state index contributed by atoms with van der Waals surface area (Å²) in [6, 6.07) is -1.55. The maximum atomic E-state index is 12.6. The lowest BCUT2D eigenvalue weighted by molar-refractivity contribution is -0.161. The number of phosphoric ester groups is 1.